The maximum absolute atomic E-state index is 8.80. The molecule has 2 aromatic rings. The SMILES string of the molecule is COn1c(C#N)cc2ccccc21. The van der Waals surface area contributed by atoms with Crippen molar-refractivity contribution in [1.82, 2.24) is 4.73 Å². The molecule has 64 valence electrons. The van der Waals surface area contributed by atoms with Gasteiger partial charge >= 0.3 is 0 Å². The Morgan fingerprint density at radius 2 is 2.15 bits per heavy atom. The first-order chi connectivity index (χ1) is 6.36. The quantitative estimate of drug-likeness (QED) is 0.654. The first kappa shape index (κ1) is 7.69. The third kappa shape index (κ3) is 1.04. The summed E-state index contributed by atoms with van der Waals surface area (Å²) in [6.07, 6.45) is 0. The molecule has 0 bridgehead atoms. The van der Waals surface area contributed by atoms with Gasteiger partial charge in [0.25, 0.3) is 0 Å². The summed E-state index contributed by atoms with van der Waals surface area (Å²) in [7, 11) is 1.55. The zero-order chi connectivity index (χ0) is 9.26. The molecule has 0 aliphatic rings. The summed E-state index contributed by atoms with van der Waals surface area (Å²) in [6, 6.07) is 11.6. The zero-order valence-corrected chi connectivity index (χ0v) is 7.19. The van der Waals surface area contributed by atoms with Crippen molar-refractivity contribution >= 4 is 10.9 Å². The lowest BCUT2D eigenvalue weighted by Gasteiger charge is -2.02. The van der Waals surface area contributed by atoms with Crippen LogP contribution in [0.5, 0.6) is 0 Å². The van der Waals surface area contributed by atoms with E-state index < -0.39 is 0 Å². The molecule has 2 rings (SSSR count). The Morgan fingerprint density at radius 1 is 1.38 bits per heavy atom. The highest BCUT2D eigenvalue weighted by Gasteiger charge is 2.06. The average molecular weight is 172 g/mol. The molecule has 0 spiro atoms. The van der Waals surface area contributed by atoms with Crippen LogP contribution in [0.1, 0.15) is 5.69 Å². The molecule has 0 atom stereocenters. The maximum Gasteiger partial charge on any atom is 0.158 e. The predicted octanol–water partition coefficient (Wildman–Crippen LogP) is 1.57. The van der Waals surface area contributed by atoms with E-state index in [1.807, 2.05) is 24.3 Å². The Bertz CT molecular complexity index is 479. The number of hydrogen-bond donors (Lipinski definition) is 0. The molecule has 0 radical (unpaired) electrons. The molecule has 3 heteroatoms. The molecule has 0 amide bonds. The Balaban J connectivity index is 2.83. The van der Waals surface area contributed by atoms with Gasteiger partial charge in [-0.25, -0.2) is 0 Å². The highest BCUT2D eigenvalue weighted by atomic mass is 16.6. The van der Waals surface area contributed by atoms with E-state index in [9.17, 15) is 0 Å². The van der Waals surface area contributed by atoms with Crippen molar-refractivity contribution in [2.45, 2.75) is 0 Å². The van der Waals surface area contributed by atoms with Crippen molar-refractivity contribution in [2.24, 2.45) is 0 Å². The van der Waals surface area contributed by atoms with Gasteiger partial charge in [-0.2, -0.15) is 9.99 Å². The van der Waals surface area contributed by atoms with Crippen LogP contribution in [0, 0.1) is 11.3 Å². The van der Waals surface area contributed by atoms with Crippen molar-refractivity contribution in [2.75, 3.05) is 7.11 Å². The topological polar surface area (TPSA) is 38.0 Å². The van der Waals surface area contributed by atoms with Crippen molar-refractivity contribution in [3.05, 3.63) is 36.0 Å². The Kier molecular flexibility index (Phi) is 1.67. The molecule has 0 aliphatic heterocycles. The molecule has 1 aromatic carbocycles. The molecule has 0 fully saturated rings. The number of para-hydroxylation sites is 1. The minimum Gasteiger partial charge on any atom is -0.416 e. The van der Waals surface area contributed by atoms with Crippen molar-refractivity contribution in [3.63, 3.8) is 0 Å². The van der Waals surface area contributed by atoms with Gasteiger partial charge in [0.2, 0.25) is 0 Å². The summed E-state index contributed by atoms with van der Waals surface area (Å²) in [6.45, 7) is 0. The van der Waals surface area contributed by atoms with Gasteiger partial charge in [-0.05, 0) is 12.1 Å². The third-order valence-electron chi connectivity index (χ3n) is 1.96. The average Bonchev–Trinajstić information content (AvgIpc) is 2.55. The van der Waals surface area contributed by atoms with Crippen molar-refractivity contribution < 1.29 is 4.84 Å². The maximum atomic E-state index is 8.80. The second-order valence-electron chi connectivity index (χ2n) is 2.68. The fraction of sp³-hybridized carbons (Fsp3) is 0.100. The van der Waals surface area contributed by atoms with Gasteiger partial charge in [-0.15, -0.1) is 0 Å². The smallest absolute Gasteiger partial charge is 0.158 e. The van der Waals surface area contributed by atoms with Gasteiger partial charge in [0.15, 0.2) is 5.69 Å². The first-order valence-corrected chi connectivity index (χ1v) is 3.92. The first-order valence-electron chi connectivity index (χ1n) is 3.92. The fourth-order valence-corrected chi connectivity index (χ4v) is 1.40. The summed E-state index contributed by atoms with van der Waals surface area (Å²) >= 11 is 0. The van der Waals surface area contributed by atoms with Crippen LogP contribution in [0.25, 0.3) is 10.9 Å². The van der Waals surface area contributed by atoms with Crippen LogP contribution in [0.2, 0.25) is 0 Å². The molecule has 0 unspecified atom stereocenters. The molecule has 1 heterocycles. The molecule has 0 N–H and O–H groups in total. The number of rotatable bonds is 1. The predicted molar refractivity (Wildman–Crippen MR) is 49.2 cm³/mol. The normalized spacial score (nSPS) is 9.85. The second kappa shape index (κ2) is 2.83. The highest BCUT2D eigenvalue weighted by Crippen LogP contribution is 2.17. The van der Waals surface area contributed by atoms with Crippen LogP contribution in [0.15, 0.2) is 30.3 Å². The number of nitrogens with zero attached hydrogens (tertiary/aromatic N) is 2. The molecular formula is C10H8N2O. The molecule has 13 heavy (non-hydrogen) atoms. The number of fused-ring (bicyclic) bond motifs is 1. The van der Waals surface area contributed by atoms with Gasteiger partial charge in [0.05, 0.1) is 5.52 Å². The molecule has 0 saturated heterocycles. The third-order valence-corrected chi connectivity index (χ3v) is 1.96. The highest BCUT2D eigenvalue weighted by molar-refractivity contribution is 5.81. The molecule has 0 aliphatic carbocycles. The van der Waals surface area contributed by atoms with Gasteiger partial charge in [-0.3, -0.25) is 0 Å². The summed E-state index contributed by atoms with van der Waals surface area (Å²) < 4.78 is 1.52. The van der Waals surface area contributed by atoms with Crippen LogP contribution in [0.3, 0.4) is 0 Å². The molecule has 3 nitrogen and oxygen atoms in total. The summed E-state index contributed by atoms with van der Waals surface area (Å²) in [4.78, 5) is 5.08. The van der Waals surface area contributed by atoms with Crippen LogP contribution in [-0.4, -0.2) is 11.8 Å². The van der Waals surface area contributed by atoms with Crippen LogP contribution >= 0.6 is 0 Å². The number of nitriles is 1. The summed E-state index contributed by atoms with van der Waals surface area (Å²) in [5, 5.41) is 9.81. The monoisotopic (exact) mass is 172 g/mol. The minimum absolute atomic E-state index is 0.517. The second-order valence-corrected chi connectivity index (χ2v) is 2.68. The van der Waals surface area contributed by atoms with Gasteiger partial charge < -0.3 is 4.84 Å². The lowest BCUT2D eigenvalue weighted by Crippen LogP contribution is -2.06. The zero-order valence-electron chi connectivity index (χ0n) is 7.19. The largest absolute Gasteiger partial charge is 0.416 e. The fourth-order valence-electron chi connectivity index (χ4n) is 1.40. The van der Waals surface area contributed by atoms with E-state index in [2.05, 4.69) is 6.07 Å². The molecular weight excluding hydrogens is 164 g/mol. The van der Waals surface area contributed by atoms with E-state index in [0.717, 1.165) is 10.9 Å². The van der Waals surface area contributed by atoms with Gasteiger partial charge in [0, 0.05) is 5.39 Å². The van der Waals surface area contributed by atoms with E-state index in [-0.39, 0.29) is 0 Å². The van der Waals surface area contributed by atoms with E-state index in [1.54, 1.807) is 13.2 Å². The Labute approximate surface area is 75.7 Å². The standard InChI is InChI=1S/C10H8N2O/c1-13-12-9(7-11)6-8-4-2-3-5-10(8)12/h2-6H,1H3. The van der Waals surface area contributed by atoms with E-state index in [0.29, 0.717) is 5.69 Å². The number of benzene rings is 1. The number of hydrogen-bond acceptors (Lipinski definition) is 2. The lowest BCUT2D eigenvalue weighted by molar-refractivity contribution is 0.177. The van der Waals surface area contributed by atoms with E-state index in [1.165, 1.54) is 4.73 Å². The lowest BCUT2D eigenvalue weighted by atomic mass is 10.2. The number of aromatic nitrogens is 1. The van der Waals surface area contributed by atoms with Crippen molar-refractivity contribution in [3.8, 4) is 6.07 Å². The van der Waals surface area contributed by atoms with E-state index >= 15 is 0 Å². The van der Waals surface area contributed by atoms with Gasteiger partial charge in [0.1, 0.15) is 13.2 Å². The van der Waals surface area contributed by atoms with Crippen LogP contribution in [-0.2, 0) is 0 Å². The van der Waals surface area contributed by atoms with E-state index in [4.69, 9.17) is 10.1 Å². The Morgan fingerprint density at radius 3 is 2.85 bits per heavy atom. The summed E-state index contributed by atoms with van der Waals surface area (Å²) in [5.74, 6) is 0. The molecule has 1 aromatic heterocycles. The molecule has 0 saturated carbocycles. The van der Waals surface area contributed by atoms with Crippen LogP contribution < -0.4 is 4.84 Å². The summed E-state index contributed by atoms with van der Waals surface area (Å²) in [5.41, 5.74) is 1.44. The van der Waals surface area contributed by atoms with Crippen molar-refractivity contribution in [1.29, 1.82) is 5.26 Å². The Hall–Kier alpha value is -1.95. The minimum atomic E-state index is 0.517. The van der Waals surface area contributed by atoms with Gasteiger partial charge in [-0.1, -0.05) is 18.2 Å². The van der Waals surface area contributed by atoms with Crippen LogP contribution in [0.4, 0.5) is 0 Å².